The van der Waals surface area contributed by atoms with Gasteiger partial charge in [-0.2, -0.15) is 0 Å². The molecule has 0 aromatic heterocycles. The highest BCUT2D eigenvalue weighted by atomic mass is 19.1. The predicted molar refractivity (Wildman–Crippen MR) is 51.3 cm³/mol. The highest BCUT2D eigenvalue weighted by Crippen LogP contribution is 2.34. The van der Waals surface area contributed by atoms with Crippen molar-refractivity contribution in [2.24, 2.45) is 5.41 Å². The van der Waals surface area contributed by atoms with E-state index in [1.807, 2.05) is 0 Å². The van der Waals surface area contributed by atoms with Crippen molar-refractivity contribution < 1.29 is 19.0 Å². The molecular weight excluding hydrogens is 199 g/mol. The number of benzene rings is 1. The summed E-state index contributed by atoms with van der Waals surface area (Å²) in [6.45, 7) is 1.73. The second kappa shape index (κ2) is 3.22. The Morgan fingerprint density at radius 2 is 2.33 bits per heavy atom. The zero-order chi connectivity index (χ0) is 11.1. The fraction of sp³-hybridized carbons (Fsp3) is 0.364. The summed E-state index contributed by atoms with van der Waals surface area (Å²) in [5.74, 6) is -0.709. The molecule has 0 aliphatic carbocycles. The van der Waals surface area contributed by atoms with Crippen LogP contribution in [0.15, 0.2) is 18.2 Å². The van der Waals surface area contributed by atoms with Crippen LogP contribution < -0.4 is 4.74 Å². The second-order valence-electron chi connectivity index (χ2n) is 4.08. The van der Waals surface area contributed by atoms with Gasteiger partial charge in [0.05, 0.1) is 0 Å². The minimum Gasteiger partial charge on any atom is -0.492 e. The van der Waals surface area contributed by atoms with Crippen LogP contribution in [-0.2, 0) is 11.2 Å². The molecule has 0 amide bonds. The number of carbonyl (C=O) groups is 1. The van der Waals surface area contributed by atoms with Gasteiger partial charge < -0.3 is 9.84 Å². The van der Waals surface area contributed by atoms with Crippen LogP contribution in [0.4, 0.5) is 4.39 Å². The molecular formula is C11H11FO3. The molecule has 0 radical (unpaired) electrons. The SMILES string of the molecule is CC1(C(=O)O)COc2ccc(F)cc2C1. The van der Waals surface area contributed by atoms with E-state index in [2.05, 4.69) is 0 Å². The molecule has 15 heavy (non-hydrogen) atoms. The summed E-state index contributed by atoms with van der Waals surface area (Å²) in [6, 6.07) is 4.17. The van der Waals surface area contributed by atoms with Crippen molar-refractivity contribution in [1.29, 1.82) is 0 Å². The number of aliphatic carboxylic acids is 1. The molecule has 0 saturated carbocycles. The van der Waals surface area contributed by atoms with Gasteiger partial charge in [0.25, 0.3) is 0 Å². The van der Waals surface area contributed by atoms with Crippen molar-refractivity contribution in [1.82, 2.24) is 0 Å². The number of hydrogen-bond donors (Lipinski definition) is 1. The van der Waals surface area contributed by atoms with E-state index in [9.17, 15) is 9.18 Å². The first-order valence-corrected chi connectivity index (χ1v) is 4.66. The summed E-state index contributed by atoms with van der Waals surface area (Å²) in [5, 5.41) is 9.02. The molecule has 1 unspecified atom stereocenters. The van der Waals surface area contributed by atoms with Crippen molar-refractivity contribution in [3.8, 4) is 5.75 Å². The Morgan fingerprint density at radius 1 is 1.60 bits per heavy atom. The average Bonchev–Trinajstić information content (AvgIpc) is 2.16. The third-order valence-corrected chi connectivity index (χ3v) is 2.67. The number of fused-ring (bicyclic) bond motifs is 1. The normalized spacial score (nSPS) is 24.1. The molecule has 1 N–H and O–H groups in total. The van der Waals surface area contributed by atoms with Gasteiger partial charge in [-0.3, -0.25) is 4.79 Å². The molecule has 0 bridgehead atoms. The van der Waals surface area contributed by atoms with Gasteiger partial charge in [-0.1, -0.05) is 0 Å². The van der Waals surface area contributed by atoms with Crippen LogP contribution in [-0.4, -0.2) is 17.7 Å². The molecule has 0 saturated heterocycles. The summed E-state index contributed by atoms with van der Waals surface area (Å²) >= 11 is 0. The highest BCUT2D eigenvalue weighted by Gasteiger charge is 2.38. The summed E-state index contributed by atoms with van der Waals surface area (Å²) in [6.07, 6.45) is 0.301. The minimum absolute atomic E-state index is 0.126. The first-order chi connectivity index (χ1) is 7.01. The summed E-state index contributed by atoms with van der Waals surface area (Å²) in [4.78, 5) is 11.0. The molecule has 1 aromatic carbocycles. The van der Waals surface area contributed by atoms with Gasteiger partial charge in [-0.15, -0.1) is 0 Å². The number of carboxylic acid groups (broad SMARTS) is 1. The Kier molecular flexibility index (Phi) is 2.14. The smallest absolute Gasteiger partial charge is 0.313 e. The van der Waals surface area contributed by atoms with E-state index in [-0.39, 0.29) is 12.4 Å². The van der Waals surface area contributed by atoms with Crippen LogP contribution in [0.2, 0.25) is 0 Å². The molecule has 1 aliphatic rings. The van der Waals surface area contributed by atoms with Gasteiger partial charge >= 0.3 is 5.97 Å². The molecule has 4 heteroatoms. The fourth-order valence-electron chi connectivity index (χ4n) is 1.67. The first-order valence-electron chi connectivity index (χ1n) is 4.66. The minimum atomic E-state index is -0.958. The lowest BCUT2D eigenvalue weighted by Crippen LogP contribution is -2.39. The van der Waals surface area contributed by atoms with Gasteiger partial charge in [0.15, 0.2) is 0 Å². The standard InChI is InChI=1S/C11H11FO3/c1-11(10(13)14)5-7-4-8(12)2-3-9(7)15-6-11/h2-4H,5-6H2,1H3,(H,13,14). The largest absolute Gasteiger partial charge is 0.492 e. The number of hydrogen-bond acceptors (Lipinski definition) is 2. The molecule has 1 aromatic rings. The van der Waals surface area contributed by atoms with Crippen LogP contribution in [0, 0.1) is 11.2 Å². The van der Waals surface area contributed by atoms with E-state index in [4.69, 9.17) is 9.84 Å². The Labute approximate surface area is 86.5 Å². The van der Waals surface area contributed by atoms with Crippen molar-refractivity contribution in [2.45, 2.75) is 13.3 Å². The Morgan fingerprint density at radius 3 is 3.00 bits per heavy atom. The lowest BCUT2D eigenvalue weighted by molar-refractivity contribution is -0.150. The van der Waals surface area contributed by atoms with Crippen LogP contribution in [0.25, 0.3) is 0 Å². The number of rotatable bonds is 1. The Balaban J connectivity index is 2.37. The summed E-state index contributed by atoms with van der Waals surface area (Å²) < 4.78 is 18.3. The van der Waals surface area contributed by atoms with Crippen LogP contribution in [0.1, 0.15) is 12.5 Å². The maximum Gasteiger partial charge on any atom is 0.313 e. The van der Waals surface area contributed by atoms with E-state index < -0.39 is 11.4 Å². The van der Waals surface area contributed by atoms with Crippen LogP contribution in [0.3, 0.4) is 0 Å². The summed E-state index contributed by atoms with van der Waals surface area (Å²) in [7, 11) is 0. The molecule has 1 atom stereocenters. The van der Waals surface area contributed by atoms with Gasteiger partial charge in [-0.05, 0) is 37.1 Å². The Bertz CT molecular complexity index is 416. The van der Waals surface area contributed by atoms with Crippen LogP contribution >= 0.6 is 0 Å². The van der Waals surface area contributed by atoms with Crippen molar-refractivity contribution in [2.75, 3.05) is 6.61 Å². The monoisotopic (exact) mass is 210 g/mol. The van der Waals surface area contributed by atoms with E-state index in [1.54, 1.807) is 6.92 Å². The molecule has 3 nitrogen and oxygen atoms in total. The molecule has 1 heterocycles. The van der Waals surface area contributed by atoms with Gasteiger partial charge in [0.2, 0.25) is 0 Å². The zero-order valence-corrected chi connectivity index (χ0v) is 8.29. The fourth-order valence-corrected chi connectivity index (χ4v) is 1.67. The van der Waals surface area contributed by atoms with Crippen molar-refractivity contribution in [3.05, 3.63) is 29.6 Å². The lowest BCUT2D eigenvalue weighted by Gasteiger charge is -2.30. The van der Waals surface area contributed by atoms with Gasteiger partial charge in [0, 0.05) is 0 Å². The number of ether oxygens (including phenoxy) is 1. The van der Waals surface area contributed by atoms with Crippen LogP contribution in [0.5, 0.6) is 5.75 Å². The van der Waals surface area contributed by atoms with E-state index in [0.29, 0.717) is 17.7 Å². The van der Waals surface area contributed by atoms with Crippen molar-refractivity contribution in [3.63, 3.8) is 0 Å². The molecule has 1 aliphatic heterocycles. The summed E-state index contributed by atoms with van der Waals surface area (Å²) in [5.41, 5.74) is -0.341. The molecule has 0 spiro atoms. The lowest BCUT2D eigenvalue weighted by atomic mass is 9.82. The first kappa shape index (κ1) is 9.96. The number of carboxylic acids is 1. The second-order valence-corrected chi connectivity index (χ2v) is 4.08. The average molecular weight is 210 g/mol. The quantitative estimate of drug-likeness (QED) is 0.769. The van der Waals surface area contributed by atoms with E-state index in [1.165, 1.54) is 18.2 Å². The zero-order valence-electron chi connectivity index (χ0n) is 8.29. The van der Waals surface area contributed by atoms with E-state index in [0.717, 1.165) is 0 Å². The maximum atomic E-state index is 12.9. The molecule has 80 valence electrons. The maximum absolute atomic E-state index is 12.9. The Hall–Kier alpha value is -1.58. The number of halogens is 1. The predicted octanol–water partition coefficient (Wildman–Crippen LogP) is 1.85. The highest BCUT2D eigenvalue weighted by molar-refractivity contribution is 5.75. The van der Waals surface area contributed by atoms with Gasteiger partial charge in [0.1, 0.15) is 23.6 Å². The third-order valence-electron chi connectivity index (χ3n) is 2.67. The van der Waals surface area contributed by atoms with Gasteiger partial charge in [-0.25, -0.2) is 4.39 Å². The molecule has 2 rings (SSSR count). The third kappa shape index (κ3) is 1.67. The molecule has 0 fully saturated rings. The topological polar surface area (TPSA) is 46.5 Å². The van der Waals surface area contributed by atoms with Crippen molar-refractivity contribution >= 4 is 5.97 Å². The van der Waals surface area contributed by atoms with E-state index >= 15 is 0 Å².